The minimum Gasteiger partial charge on any atom is -0.454 e. The molecule has 0 spiro atoms. The lowest BCUT2D eigenvalue weighted by Crippen LogP contribution is -2.61. The average molecular weight is 1210 g/mol. The van der Waals surface area contributed by atoms with Gasteiger partial charge in [-0.1, -0.05) is 285 Å². The lowest BCUT2D eigenvalue weighted by atomic mass is 9.99. The fourth-order valence-corrected chi connectivity index (χ4v) is 10.6. The van der Waals surface area contributed by atoms with Crippen LogP contribution in [-0.2, 0) is 23.8 Å². The summed E-state index contributed by atoms with van der Waals surface area (Å²) < 4.78 is 17.7. The molecule has 0 radical (unpaired) electrons. The van der Waals surface area contributed by atoms with Crippen molar-refractivity contribution in [3.8, 4) is 0 Å². The molecule has 1 fully saturated rings. The average Bonchev–Trinajstić information content (AvgIpc) is 3.38. The summed E-state index contributed by atoms with van der Waals surface area (Å²) in [6.07, 6.45) is 72.9. The van der Waals surface area contributed by atoms with Crippen molar-refractivity contribution < 1.29 is 49.3 Å². The molecule has 1 saturated heterocycles. The van der Waals surface area contributed by atoms with Gasteiger partial charge in [0.25, 0.3) is 0 Å². The highest BCUT2D eigenvalue weighted by atomic mass is 16.7. The quantitative estimate of drug-likeness (QED) is 0.0195. The van der Waals surface area contributed by atoms with E-state index >= 15 is 0 Å². The molecule has 8 unspecified atom stereocenters. The number of ether oxygens (including phenoxy) is 3. The Morgan fingerprint density at radius 1 is 0.453 bits per heavy atom. The molecule has 11 heteroatoms. The van der Waals surface area contributed by atoms with Crippen LogP contribution in [0.2, 0.25) is 0 Å². The van der Waals surface area contributed by atoms with Gasteiger partial charge in [-0.05, 0) is 109 Å². The van der Waals surface area contributed by atoms with E-state index in [2.05, 4.69) is 111 Å². The Morgan fingerprint density at radius 3 is 1.22 bits per heavy atom. The fourth-order valence-electron chi connectivity index (χ4n) is 10.6. The summed E-state index contributed by atoms with van der Waals surface area (Å²) in [5.74, 6) is -1.21. The molecule has 0 bridgehead atoms. The number of carbonyl (C=O) groups excluding carboxylic acids is 2. The first-order valence-electron chi connectivity index (χ1n) is 35.5. The summed E-state index contributed by atoms with van der Waals surface area (Å²) in [6, 6.07) is -1.04. The first kappa shape index (κ1) is 80.6. The summed E-state index contributed by atoms with van der Waals surface area (Å²) in [6.45, 7) is 5.74. The maximum atomic E-state index is 13.5. The number of amides is 1. The van der Waals surface area contributed by atoms with Crippen molar-refractivity contribution in [3.05, 3.63) is 97.2 Å². The molecule has 1 aliphatic heterocycles. The normalized spacial score (nSPS) is 18.9. The molecule has 0 aliphatic carbocycles. The molecule has 6 N–H and O–H groups in total. The van der Waals surface area contributed by atoms with Crippen LogP contribution in [-0.4, -0.2) is 99.6 Å². The maximum absolute atomic E-state index is 13.5. The zero-order valence-electron chi connectivity index (χ0n) is 55.2. The molecule has 0 aromatic carbocycles. The summed E-state index contributed by atoms with van der Waals surface area (Å²) in [5, 5.41) is 57.2. The van der Waals surface area contributed by atoms with Crippen LogP contribution < -0.4 is 5.32 Å². The number of nitrogens with one attached hydrogen (secondary N) is 1. The van der Waals surface area contributed by atoms with E-state index in [9.17, 15) is 35.1 Å². The molecule has 0 aromatic heterocycles. The monoisotopic (exact) mass is 1210 g/mol. The van der Waals surface area contributed by atoms with Crippen molar-refractivity contribution in [1.29, 1.82) is 0 Å². The third-order valence-corrected chi connectivity index (χ3v) is 16.2. The standard InChI is InChI=1S/C75H131NO10/c1-4-7-10-13-16-19-22-25-27-29-31-33-34-35-37-38-40-42-44-47-50-53-56-59-62-68(79)74(83)76-66(67(78)61-58-55-52-49-46-24-21-18-15-12-9-6-3)65-84-75-73(72(82)71(81)69(64-77)85-75)86-70(80)63-60-57-54-51-48-45-43-41-39-36-32-30-28-26-23-20-17-14-11-8-5-2/h16-17,19-20,25-28,31-33,36,41,43,58,61,66-69,71-73,75,77-79,81-82H,4-15,18,21-24,29-30,34-35,37-40,42,44-57,59-60,62-65H2,1-3H3,(H,76,83)/b19-16-,20-17-,27-25-,28-26-,33-31-,36-32-,43-41-,61-58+. The van der Waals surface area contributed by atoms with Crippen LogP contribution in [0.5, 0.6) is 0 Å². The van der Waals surface area contributed by atoms with E-state index in [1.807, 2.05) is 6.08 Å². The second-order valence-corrected chi connectivity index (χ2v) is 24.3. The van der Waals surface area contributed by atoms with Gasteiger partial charge in [0, 0.05) is 6.42 Å². The Bertz CT molecular complexity index is 1770. The van der Waals surface area contributed by atoms with E-state index in [1.54, 1.807) is 6.08 Å². The summed E-state index contributed by atoms with van der Waals surface area (Å²) in [7, 11) is 0. The number of hydrogen-bond donors (Lipinski definition) is 6. The number of aliphatic hydroxyl groups is 5. The predicted octanol–water partition coefficient (Wildman–Crippen LogP) is 18.2. The van der Waals surface area contributed by atoms with E-state index in [1.165, 1.54) is 148 Å². The Balaban J connectivity index is 2.60. The fraction of sp³-hybridized carbons (Fsp3) is 0.760. The third kappa shape index (κ3) is 48.5. The first-order chi connectivity index (χ1) is 42.2. The van der Waals surface area contributed by atoms with E-state index in [4.69, 9.17) is 14.2 Å². The first-order valence-corrected chi connectivity index (χ1v) is 35.5. The Morgan fingerprint density at radius 2 is 0.802 bits per heavy atom. The lowest BCUT2D eigenvalue weighted by molar-refractivity contribution is -0.305. The number of unbranched alkanes of at least 4 members (excludes halogenated alkanes) is 32. The number of aliphatic hydroxyl groups excluding tert-OH is 5. The van der Waals surface area contributed by atoms with Crippen LogP contribution in [0, 0.1) is 0 Å². The van der Waals surface area contributed by atoms with Crippen molar-refractivity contribution in [2.45, 2.75) is 352 Å². The summed E-state index contributed by atoms with van der Waals surface area (Å²) in [5.41, 5.74) is 0. The highest BCUT2D eigenvalue weighted by Crippen LogP contribution is 2.26. The Hall–Kier alpha value is -3.42. The number of carbonyl (C=O) groups is 2. The Labute approximate surface area is 526 Å². The van der Waals surface area contributed by atoms with Gasteiger partial charge in [-0.25, -0.2) is 0 Å². The number of hydrogen-bond acceptors (Lipinski definition) is 10. The molecule has 0 aromatic rings. The van der Waals surface area contributed by atoms with Gasteiger partial charge in [-0.15, -0.1) is 0 Å². The van der Waals surface area contributed by atoms with Crippen molar-refractivity contribution in [3.63, 3.8) is 0 Å². The topological polar surface area (TPSA) is 175 Å². The minimum atomic E-state index is -1.63. The highest BCUT2D eigenvalue weighted by Gasteiger charge is 2.47. The van der Waals surface area contributed by atoms with E-state index in [-0.39, 0.29) is 19.4 Å². The van der Waals surface area contributed by atoms with Crippen LogP contribution in [0.15, 0.2) is 97.2 Å². The van der Waals surface area contributed by atoms with E-state index < -0.39 is 67.4 Å². The molecule has 1 heterocycles. The van der Waals surface area contributed by atoms with Crippen LogP contribution in [0.4, 0.5) is 0 Å². The van der Waals surface area contributed by atoms with Crippen LogP contribution >= 0.6 is 0 Å². The molecular formula is C75H131NO10. The largest absolute Gasteiger partial charge is 0.454 e. The van der Waals surface area contributed by atoms with Gasteiger partial charge in [0.15, 0.2) is 12.4 Å². The van der Waals surface area contributed by atoms with Gasteiger partial charge in [-0.2, -0.15) is 0 Å². The van der Waals surface area contributed by atoms with E-state index in [0.29, 0.717) is 12.8 Å². The SMILES string of the molecule is CCCCC/C=C\C/C=C\C/C=C\C/C=C\CCCCCCCC(=O)OC1C(OCC(NC(=O)C(O)CCCCCCCCCCCCC/C=C\C/C=C\C/C=C\CCCCC)C(O)/C=C/CCCCCCCCCCCC)OC(CO)C(O)C1O. The van der Waals surface area contributed by atoms with Crippen LogP contribution in [0.1, 0.15) is 303 Å². The zero-order chi connectivity index (χ0) is 62.4. The van der Waals surface area contributed by atoms with E-state index in [0.717, 1.165) is 109 Å². The van der Waals surface area contributed by atoms with Crippen molar-refractivity contribution in [2.24, 2.45) is 0 Å². The maximum Gasteiger partial charge on any atom is 0.306 e. The van der Waals surface area contributed by atoms with Crippen LogP contribution in [0.3, 0.4) is 0 Å². The molecule has 8 atom stereocenters. The molecule has 11 nitrogen and oxygen atoms in total. The molecule has 496 valence electrons. The smallest absolute Gasteiger partial charge is 0.306 e. The second-order valence-electron chi connectivity index (χ2n) is 24.3. The highest BCUT2D eigenvalue weighted by molar-refractivity contribution is 5.80. The minimum absolute atomic E-state index is 0.0988. The van der Waals surface area contributed by atoms with Crippen molar-refractivity contribution in [1.82, 2.24) is 5.32 Å². The zero-order valence-corrected chi connectivity index (χ0v) is 55.2. The number of allylic oxidation sites excluding steroid dienone is 15. The lowest BCUT2D eigenvalue weighted by Gasteiger charge is -2.41. The molecular weight excluding hydrogens is 1070 g/mol. The number of rotatable bonds is 60. The molecule has 86 heavy (non-hydrogen) atoms. The molecule has 1 rings (SSSR count). The van der Waals surface area contributed by atoms with Gasteiger partial charge in [-0.3, -0.25) is 9.59 Å². The second kappa shape index (κ2) is 61.8. The Kier molecular flexibility index (Phi) is 57.9. The third-order valence-electron chi connectivity index (χ3n) is 16.2. The van der Waals surface area contributed by atoms with Crippen molar-refractivity contribution in [2.75, 3.05) is 13.2 Å². The van der Waals surface area contributed by atoms with Crippen molar-refractivity contribution >= 4 is 11.9 Å². The summed E-state index contributed by atoms with van der Waals surface area (Å²) in [4.78, 5) is 26.7. The molecule has 1 aliphatic rings. The molecule has 1 amide bonds. The van der Waals surface area contributed by atoms with Crippen LogP contribution in [0.25, 0.3) is 0 Å². The predicted molar refractivity (Wildman–Crippen MR) is 361 cm³/mol. The number of esters is 1. The van der Waals surface area contributed by atoms with Gasteiger partial charge < -0.3 is 45.1 Å². The van der Waals surface area contributed by atoms with Gasteiger partial charge in [0.2, 0.25) is 5.91 Å². The van der Waals surface area contributed by atoms with Gasteiger partial charge in [0.1, 0.15) is 24.4 Å². The molecule has 0 saturated carbocycles. The summed E-state index contributed by atoms with van der Waals surface area (Å²) >= 11 is 0. The van der Waals surface area contributed by atoms with Gasteiger partial charge in [0.05, 0.1) is 25.4 Å². The van der Waals surface area contributed by atoms with Gasteiger partial charge >= 0.3 is 5.97 Å².